The summed E-state index contributed by atoms with van der Waals surface area (Å²) in [7, 11) is 0. The molecule has 0 atom stereocenters. The van der Waals surface area contributed by atoms with Gasteiger partial charge in [0.05, 0.1) is 23.8 Å². The molecule has 1 aliphatic heterocycles. The Morgan fingerprint density at radius 1 is 1.00 bits per heavy atom. The van der Waals surface area contributed by atoms with Crippen LogP contribution in [-0.2, 0) is 4.74 Å². The number of halogens is 1. The van der Waals surface area contributed by atoms with Crippen molar-refractivity contribution in [1.82, 2.24) is 19.9 Å². The lowest BCUT2D eigenvalue weighted by Gasteiger charge is -2.26. The van der Waals surface area contributed by atoms with Crippen molar-refractivity contribution < 1.29 is 4.74 Å². The monoisotopic (exact) mass is 407 g/mol. The molecule has 0 aliphatic carbocycles. The highest BCUT2D eigenvalue weighted by Gasteiger charge is 2.16. The number of hydrogen-bond donors (Lipinski definition) is 2. The number of H-pyrrole nitrogens is 1. The van der Waals surface area contributed by atoms with Crippen LogP contribution in [0.1, 0.15) is 0 Å². The molecule has 5 rings (SSSR count). The molecule has 2 N–H and O–H groups in total. The molecule has 148 valence electrons. The lowest BCUT2D eigenvalue weighted by atomic mass is 10.2. The highest BCUT2D eigenvalue weighted by Crippen LogP contribution is 2.34. The minimum absolute atomic E-state index is 0.596. The van der Waals surface area contributed by atoms with Crippen LogP contribution in [0.25, 0.3) is 33.3 Å². The summed E-state index contributed by atoms with van der Waals surface area (Å²) in [6, 6.07) is 16.0. The van der Waals surface area contributed by atoms with Crippen molar-refractivity contribution in [2.75, 3.05) is 44.7 Å². The average molecular weight is 408 g/mol. The average Bonchev–Trinajstić information content (AvgIpc) is 3.11. The number of morpholine rings is 1. The molecular formula is C22H22ClN5O. The first kappa shape index (κ1) is 18.4. The number of para-hydroxylation sites is 2. The minimum atomic E-state index is 0.596. The zero-order valence-corrected chi connectivity index (χ0v) is 16.7. The molecule has 0 radical (unpaired) electrons. The molecule has 0 saturated carbocycles. The molecule has 3 heterocycles. The zero-order chi connectivity index (χ0) is 19.6. The highest BCUT2D eigenvalue weighted by atomic mass is 35.5. The Morgan fingerprint density at radius 3 is 2.59 bits per heavy atom. The molecule has 7 heteroatoms. The van der Waals surface area contributed by atoms with Crippen LogP contribution in [0.5, 0.6) is 0 Å². The van der Waals surface area contributed by atoms with Gasteiger partial charge in [0.15, 0.2) is 5.82 Å². The number of nitrogens with zero attached hydrogens (tertiary/aromatic N) is 3. The summed E-state index contributed by atoms with van der Waals surface area (Å²) in [5, 5.41) is 6.14. The molecule has 1 fully saturated rings. The third-order valence-electron chi connectivity index (χ3n) is 5.29. The Hall–Kier alpha value is -2.67. The van der Waals surface area contributed by atoms with Gasteiger partial charge in [-0.25, -0.2) is 9.97 Å². The van der Waals surface area contributed by atoms with Gasteiger partial charge in [-0.3, -0.25) is 4.90 Å². The smallest absolute Gasteiger partial charge is 0.180 e. The molecule has 29 heavy (non-hydrogen) atoms. The number of aromatic amines is 1. The maximum atomic E-state index is 6.65. The fourth-order valence-corrected chi connectivity index (χ4v) is 4.04. The molecule has 1 saturated heterocycles. The van der Waals surface area contributed by atoms with E-state index in [1.54, 1.807) is 0 Å². The van der Waals surface area contributed by atoms with Gasteiger partial charge in [-0.05, 0) is 18.2 Å². The van der Waals surface area contributed by atoms with Crippen LogP contribution in [0, 0.1) is 0 Å². The summed E-state index contributed by atoms with van der Waals surface area (Å²) in [4.78, 5) is 15.4. The Labute approximate surface area is 173 Å². The van der Waals surface area contributed by atoms with Crippen molar-refractivity contribution in [2.45, 2.75) is 0 Å². The van der Waals surface area contributed by atoms with E-state index in [0.717, 1.165) is 72.7 Å². The normalized spacial score (nSPS) is 15.2. The van der Waals surface area contributed by atoms with Crippen molar-refractivity contribution in [3.05, 3.63) is 53.6 Å². The summed E-state index contributed by atoms with van der Waals surface area (Å²) >= 11 is 6.65. The van der Waals surface area contributed by atoms with Crippen molar-refractivity contribution in [3.63, 3.8) is 0 Å². The third-order valence-corrected chi connectivity index (χ3v) is 5.69. The van der Waals surface area contributed by atoms with E-state index < -0.39 is 0 Å². The van der Waals surface area contributed by atoms with E-state index in [1.165, 1.54) is 0 Å². The van der Waals surface area contributed by atoms with Crippen LogP contribution >= 0.6 is 11.6 Å². The van der Waals surface area contributed by atoms with Gasteiger partial charge in [0.1, 0.15) is 11.5 Å². The number of nitrogens with one attached hydrogen (secondary N) is 2. The van der Waals surface area contributed by atoms with E-state index in [1.807, 2.05) is 48.5 Å². The number of fused-ring (bicyclic) bond motifs is 2. The number of rotatable bonds is 5. The van der Waals surface area contributed by atoms with Gasteiger partial charge in [-0.15, -0.1) is 0 Å². The van der Waals surface area contributed by atoms with Crippen LogP contribution < -0.4 is 5.32 Å². The van der Waals surface area contributed by atoms with Gasteiger partial charge in [-0.2, -0.15) is 0 Å². The summed E-state index contributed by atoms with van der Waals surface area (Å²) in [6.45, 7) is 5.31. The van der Waals surface area contributed by atoms with Gasteiger partial charge in [0.25, 0.3) is 0 Å². The van der Waals surface area contributed by atoms with E-state index >= 15 is 0 Å². The van der Waals surface area contributed by atoms with E-state index in [0.29, 0.717) is 10.8 Å². The molecule has 2 aromatic heterocycles. The van der Waals surface area contributed by atoms with Crippen LogP contribution in [0.2, 0.25) is 5.02 Å². The first-order valence-electron chi connectivity index (χ1n) is 9.87. The number of aromatic nitrogens is 3. The van der Waals surface area contributed by atoms with Gasteiger partial charge >= 0.3 is 0 Å². The second-order valence-corrected chi connectivity index (χ2v) is 7.53. The number of benzene rings is 2. The third kappa shape index (κ3) is 3.67. The first-order valence-corrected chi connectivity index (χ1v) is 10.2. The van der Waals surface area contributed by atoms with E-state index in [4.69, 9.17) is 26.3 Å². The van der Waals surface area contributed by atoms with Crippen molar-refractivity contribution in [3.8, 4) is 11.5 Å². The minimum Gasteiger partial charge on any atom is -0.379 e. The summed E-state index contributed by atoms with van der Waals surface area (Å²) in [6.07, 6.45) is 0. The fourth-order valence-electron chi connectivity index (χ4n) is 3.74. The van der Waals surface area contributed by atoms with E-state index in [9.17, 15) is 0 Å². The lowest BCUT2D eigenvalue weighted by molar-refractivity contribution is 0.0398. The van der Waals surface area contributed by atoms with Crippen LogP contribution in [0.15, 0.2) is 48.5 Å². The maximum absolute atomic E-state index is 6.65. The fraction of sp³-hybridized carbons (Fsp3) is 0.273. The van der Waals surface area contributed by atoms with Gasteiger partial charge in [-0.1, -0.05) is 41.9 Å². The van der Waals surface area contributed by atoms with Gasteiger partial charge < -0.3 is 15.0 Å². The number of hydrogen-bond acceptors (Lipinski definition) is 5. The highest BCUT2D eigenvalue weighted by molar-refractivity contribution is 6.38. The van der Waals surface area contributed by atoms with Gasteiger partial charge in [0, 0.05) is 42.5 Å². The molecule has 0 unspecified atom stereocenters. The predicted molar refractivity (Wildman–Crippen MR) is 118 cm³/mol. The molecule has 6 nitrogen and oxygen atoms in total. The standard InChI is InChI=1S/C22H22ClN5O/c23-19-15-5-1-3-7-17(15)25-20(19)22-26-18-8-4-2-6-16(18)21(27-22)24-9-10-28-11-13-29-14-12-28/h1-8,25H,9-14H2,(H,24,26,27). The maximum Gasteiger partial charge on any atom is 0.180 e. The molecule has 2 aromatic carbocycles. The molecule has 0 spiro atoms. The quantitative estimate of drug-likeness (QED) is 0.519. The van der Waals surface area contributed by atoms with Crippen molar-refractivity contribution in [2.24, 2.45) is 0 Å². The molecule has 0 bridgehead atoms. The molecule has 1 aliphatic rings. The van der Waals surface area contributed by atoms with Crippen LogP contribution in [-0.4, -0.2) is 59.2 Å². The largest absolute Gasteiger partial charge is 0.379 e. The summed E-state index contributed by atoms with van der Waals surface area (Å²) < 4.78 is 5.42. The number of anilines is 1. The molecule has 0 amide bonds. The summed E-state index contributed by atoms with van der Waals surface area (Å²) in [5.41, 5.74) is 2.61. The van der Waals surface area contributed by atoms with Gasteiger partial charge in [0.2, 0.25) is 0 Å². The van der Waals surface area contributed by atoms with Crippen LogP contribution in [0.4, 0.5) is 5.82 Å². The topological polar surface area (TPSA) is 66.1 Å². The molecular weight excluding hydrogens is 386 g/mol. The number of ether oxygens (including phenoxy) is 1. The van der Waals surface area contributed by atoms with E-state index in [2.05, 4.69) is 15.2 Å². The van der Waals surface area contributed by atoms with Crippen LogP contribution in [0.3, 0.4) is 0 Å². The SMILES string of the molecule is Clc1c(-c2nc(NCCN3CCOCC3)c3ccccc3n2)[nH]c2ccccc12. The van der Waals surface area contributed by atoms with E-state index in [-0.39, 0.29) is 0 Å². The predicted octanol–water partition coefficient (Wildman–Crippen LogP) is 4.18. The molecule has 4 aromatic rings. The second-order valence-electron chi connectivity index (χ2n) is 7.15. The lowest BCUT2D eigenvalue weighted by Crippen LogP contribution is -2.39. The Balaban J connectivity index is 1.49. The Bertz CT molecular complexity index is 1150. The Kier molecular flexibility index (Phi) is 5.06. The second kappa shape index (κ2) is 7.99. The first-order chi connectivity index (χ1) is 14.3. The van der Waals surface area contributed by atoms with Crippen molar-refractivity contribution >= 4 is 39.2 Å². The van der Waals surface area contributed by atoms with Crippen molar-refractivity contribution in [1.29, 1.82) is 0 Å². The zero-order valence-electron chi connectivity index (χ0n) is 16.0. The summed E-state index contributed by atoms with van der Waals surface area (Å²) in [5.74, 6) is 1.42. The Morgan fingerprint density at radius 2 is 1.76 bits per heavy atom.